The number of anilines is 1. The highest BCUT2D eigenvalue weighted by Crippen LogP contribution is 2.33. The molecule has 2 aromatic heterocycles. The van der Waals surface area contributed by atoms with E-state index in [-0.39, 0.29) is 11.2 Å². The summed E-state index contributed by atoms with van der Waals surface area (Å²) in [5.41, 5.74) is 5.98. The van der Waals surface area contributed by atoms with Crippen molar-refractivity contribution in [2.24, 2.45) is 0 Å². The molecule has 0 aliphatic heterocycles. The van der Waals surface area contributed by atoms with E-state index < -0.39 is 17.3 Å². The molecule has 4 rings (SSSR count). The Bertz CT molecular complexity index is 1180. The van der Waals surface area contributed by atoms with Gasteiger partial charge in [0, 0.05) is 17.1 Å². The van der Waals surface area contributed by atoms with E-state index in [9.17, 15) is 18.0 Å². The molecule has 0 unspecified atom stereocenters. The lowest BCUT2D eigenvalue weighted by Crippen LogP contribution is -2.19. The van der Waals surface area contributed by atoms with Crippen molar-refractivity contribution >= 4 is 27.7 Å². The van der Waals surface area contributed by atoms with Crippen LogP contribution in [0.2, 0.25) is 0 Å². The van der Waals surface area contributed by atoms with E-state index in [0.717, 1.165) is 12.1 Å². The lowest BCUT2D eigenvalue weighted by molar-refractivity contribution is -0.137. The molecule has 25 heavy (non-hydrogen) atoms. The summed E-state index contributed by atoms with van der Waals surface area (Å²) < 4.78 is 45.5. The summed E-state index contributed by atoms with van der Waals surface area (Å²) in [6.45, 7) is 0. The number of pyridine rings is 1. The number of halogens is 3. The molecule has 0 radical (unpaired) electrons. The molecule has 2 heterocycles. The van der Waals surface area contributed by atoms with Crippen molar-refractivity contribution in [3.05, 3.63) is 64.8 Å². The molecule has 0 spiro atoms. The smallest absolute Gasteiger partial charge is 0.416 e. The number of alkyl halides is 3. The molecule has 0 atom stereocenters. The number of nitrogens with two attached hydrogens (primary N) is 1. The summed E-state index contributed by atoms with van der Waals surface area (Å²) in [6.07, 6.45) is -3.28. The average molecular weight is 345 g/mol. The van der Waals surface area contributed by atoms with E-state index in [2.05, 4.69) is 4.98 Å². The zero-order chi connectivity index (χ0) is 17.8. The molecular weight excluding hydrogens is 335 g/mol. The van der Waals surface area contributed by atoms with E-state index in [1.54, 1.807) is 18.2 Å². The van der Waals surface area contributed by atoms with Crippen LogP contribution in [0.4, 0.5) is 18.9 Å². The molecule has 0 aliphatic carbocycles. The second-order valence-electron chi connectivity index (χ2n) is 5.51. The highest BCUT2D eigenvalue weighted by Gasteiger charge is 2.31. The number of rotatable bonds is 1. The molecule has 0 saturated heterocycles. The molecule has 0 fully saturated rings. The van der Waals surface area contributed by atoms with E-state index in [0.29, 0.717) is 22.2 Å². The Kier molecular flexibility index (Phi) is 3.11. The summed E-state index contributed by atoms with van der Waals surface area (Å²) in [6, 6.07) is 9.04. The lowest BCUT2D eigenvalue weighted by Gasteiger charge is -2.14. The van der Waals surface area contributed by atoms with Crippen LogP contribution in [0.15, 0.2) is 58.1 Å². The highest BCUT2D eigenvalue weighted by molar-refractivity contribution is 5.92. The minimum atomic E-state index is -4.53. The number of benzene rings is 2. The van der Waals surface area contributed by atoms with Crippen molar-refractivity contribution in [1.82, 2.24) is 9.55 Å². The highest BCUT2D eigenvalue weighted by atomic mass is 19.4. The largest absolute Gasteiger partial charge is 0.443 e. The van der Waals surface area contributed by atoms with Crippen molar-refractivity contribution in [1.29, 1.82) is 0 Å². The number of fused-ring (bicyclic) bond motifs is 2. The Morgan fingerprint density at radius 1 is 1.08 bits per heavy atom. The topological polar surface area (TPSA) is 74.1 Å². The molecule has 126 valence electrons. The molecule has 2 aromatic carbocycles. The van der Waals surface area contributed by atoms with Crippen LogP contribution < -0.4 is 11.3 Å². The molecule has 0 saturated carbocycles. The van der Waals surface area contributed by atoms with Crippen LogP contribution in [0.1, 0.15) is 5.56 Å². The summed E-state index contributed by atoms with van der Waals surface area (Å²) in [5, 5.41) is 0.354. The van der Waals surface area contributed by atoms with Crippen LogP contribution in [0.3, 0.4) is 0 Å². The number of aromatic nitrogens is 2. The fourth-order valence-corrected chi connectivity index (χ4v) is 2.78. The van der Waals surface area contributed by atoms with Gasteiger partial charge in [-0.25, -0.2) is 4.98 Å². The molecule has 8 heteroatoms. The van der Waals surface area contributed by atoms with Gasteiger partial charge in [0.25, 0.3) is 5.56 Å². The Labute approximate surface area is 138 Å². The van der Waals surface area contributed by atoms with Crippen molar-refractivity contribution in [3.8, 4) is 5.69 Å². The number of nitrogens with zero attached hydrogens (tertiary/aromatic N) is 2. The monoisotopic (exact) mass is 345 g/mol. The third-order valence-corrected chi connectivity index (χ3v) is 3.95. The maximum Gasteiger partial charge on any atom is 0.416 e. The maximum atomic E-state index is 13.1. The summed E-state index contributed by atoms with van der Waals surface area (Å²) >= 11 is 0. The van der Waals surface area contributed by atoms with Gasteiger partial charge in [0.15, 0.2) is 12.0 Å². The van der Waals surface area contributed by atoms with Gasteiger partial charge < -0.3 is 10.2 Å². The molecule has 4 aromatic rings. The first-order chi connectivity index (χ1) is 11.8. The third-order valence-electron chi connectivity index (χ3n) is 3.95. The van der Waals surface area contributed by atoms with Gasteiger partial charge in [-0.15, -0.1) is 0 Å². The van der Waals surface area contributed by atoms with Crippen molar-refractivity contribution in [3.63, 3.8) is 0 Å². The van der Waals surface area contributed by atoms with Crippen LogP contribution >= 0.6 is 0 Å². The first-order valence-electron chi connectivity index (χ1n) is 7.21. The number of oxazole rings is 1. The standard InChI is InChI=1S/C17H10F3N3O2/c18-17(19,20)9-1-3-11-12(21)7-16(24)23(14(11)5-9)10-2-4-15-13(6-10)22-8-25-15/h1-8H,21H2. The fourth-order valence-electron chi connectivity index (χ4n) is 2.78. The maximum absolute atomic E-state index is 13.1. The van der Waals surface area contributed by atoms with Gasteiger partial charge in [0.2, 0.25) is 0 Å². The molecule has 2 N–H and O–H groups in total. The van der Waals surface area contributed by atoms with E-state index in [1.807, 2.05) is 0 Å². The Balaban J connectivity index is 2.09. The number of hydrogen-bond donors (Lipinski definition) is 1. The molecule has 5 nitrogen and oxygen atoms in total. The second-order valence-corrected chi connectivity index (χ2v) is 5.51. The predicted octanol–water partition coefficient (Wildman–Crippen LogP) is 3.73. The zero-order valence-electron chi connectivity index (χ0n) is 12.5. The molecule has 0 aliphatic rings. The van der Waals surface area contributed by atoms with Gasteiger partial charge in [-0.1, -0.05) is 6.07 Å². The van der Waals surface area contributed by atoms with Crippen molar-refractivity contribution < 1.29 is 17.6 Å². The van der Waals surface area contributed by atoms with Gasteiger partial charge in [0.05, 0.1) is 16.8 Å². The van der Waals surface area contributed by atoms with Crippen LogP contribution in [0, 0.1) is 0 Å². The Hall–Kier alpha value is -3.29. The normalized spacial score (nSPS) is 12.1. The first kappa shape index (κ1) is 15.3. The van der Waals surface area contributed by atoms with Gasteiger partial charge in [-0.3, -0.25) is 9.36 Å². The van der Waals surface area contributed by atoms with Crippen LogP contribution in [0.25, 0.3) is 27.7 Å². The number of hydrogen-bond acceptors (Lipinski definition) is 4. The quantitative estimate of drug-likeness (QED) is 0.570. The molecule has 0 bridgehead atoms. The first-order valence-corrected chi connectivity index (χ1v) is 7.21. The van der Waals surface area contributed by atoms with E-state index in [1.165, 1.54) is 23.1 Å². The van der Waals surface area contributed by atoms with Gasteiger partial charge in [-0.05, 0) is 30.3 Å². The van der Waals surface area contributed by atoms with Crippen LogP contribution in [-0.2, 0) is 6.18 Å². The third kappa shape index (κ3) is 2.42. The SMILES string of the molecule is Nc1cc(=O)n(-c2ccc3ocnc3c2)c2cc(C(F)(F)F)ccc12. The minimum Gasteiger partial charge on any atom is -0.443 e. The van der Waals surface area contributed by atoms with Gasteiger partial charge in [-0.2, -0.15) is 13.2 Å². The van der Waals surface area contributed by atoms with Crippen LogP contribution in [-0.4, -0.2) is 9.55 Å². The lowest BCUT2D eigenvalue weighted by atomic mass is 10.1. The average Bonchev–Trinajstić information content (AvgIpc) is 3.01. The van der Waals surface area contributed by atoms with E-state index in [4.69, 9.17) is 10.2 Å². The minimum absolute atomic E-state index is 0.0719. The summed E-state index contributed by atoms with van der Waals surface area (Å²) in [7, 11) is 0. The van der Waals surface area contributed by atoms with Gasteiger partial charge >= 0.3 is 6.18 Å². The van der Waals surface area contributed by atoms with Crippen molar-refractivity contribution in [2.75, 3.05) is 5.73 Å². The molecular formula is C17H10F3N3O2. The van der Waals surface area contributed by atoms with Crippen molar-refractivity contribution in [2.45, 2.75) is 6.18 Å². The second kappa shape index (κ2) is 5.10. The molecule has 0 amide bonds. The predicted molar refractivity (Wildman–Crippen MR) is 86.5 cm³/mol. The number of nitrogen functional groups attached to an aromatic ring is 1. The Morgan fingerprint density at radius 3 is 2.64 bits per heavy atom. The zero-order valence-corrected chi connectivity index (χ0v) is 12.5. The van der Waals surface area contributed by atoms with Gasteiger partial charge in [0.1, 0.15) is 5.52 Å². The summed E-state index contributed by atoms with van der Waals surface area (Å²) in [4.78, 5) is 16.4. The Morgan fingerprint density at radius 2 is 1.88 bits per heavy atom. The van der Waals surface area contributed by atoms with Crippen LogP contribution in [0.5, 0.6) is 0 Å². The summed E-state index contributed by atoms with van der Waals surface area (Å²) in [5.74, 6) is 0. The fraction of sp³-hybridized carbons (Fsp3) is 0.0588. The van der Waals surface area contributed by atoms with E-state index >= 15 is 0 Å².